The van der Waals surface area contributed by atoms with Crippen LogP contribution in [0.3, 0.4) is 0 Å². The first kappa shape index (κ1) is 12.7. The summed E-state index contributed by atoms with van der Waals surface area (Å²) in [5.41, 5.74) is 1.70. The van der Waals surface area contributed by atoms with Gasteiger partial charge in [-0.1, -0.05) is 6.07 Å². The minimum atomic E-state index is -0.277. The summed E-state index contributed by atoms with van der Waals surface area (Å²) in [5.74, 6) is -0.0106. The van der Waals surface area contributed by atoms with E-state index >= 15 is 0 Å². The van der Waals surface area contributed by atoms with Crippen molar-refractivity contribution in [1.29, 1.82) is 0 Å². The van der Waals surface area contributed by atoms with Crippen molar-refractivity contribution in [2.24, 2.45) is 0 Å². The minimum absolute atomic E-state index is 0.267. The first-order chi connectivity index (χ1) is 9.72. The molecule has 1 amide bonds. The molecule has 1 N–H and O–H groups in total. The van der Waals surface area contributed by atoms with Crippen LogP contribution in [0, 0.1) is 0 Å². The molecule has 100 valence electrons. The molecule has 20 heavy (non-hydrogen) atoms. The molecular weight excluding hydrogens is 320 g/mol. The molecule has 0 fully saturated rings. The molecule has 5 heteroatoms. The second-order valence-electron chi connectivity index (χ2n) is 4.20. The number of carbonyl (C=O) groups is 1. The van der Waals surface area contributed by atoms with Crippen LogP contribution in [0.5, 0.6) is 0 Å². The number of nitrogens with one attached hydrogen (secondary N) is 1. The van der Waals surface area contributed by atoms with Crippen LogP contribution in [0.4, 0.5) is 5.69 Å². The lowest BCUT2D eigenvalue weighted by Gasteiger charge is -2.07. The minimum Gasteiger partial charge on any atom is -0.444 e. The van der Waals surface area contributed by atoms with Crippen molar-refractivity contribution < 1.29 is 9.21 Å². The topological polar surface area (TPSA) is 47.2 Å². The lowest BCUT2D eigenvalue weighted by Crippen LogP contribution is -2.11. The standard InChI is InChI=1S/C15H11BrN2O2/c16-14-7-6-13(20-14)15(19)17-11-4-3-5-12(10-11)18-8-1-2-9-18/h1-10H,(H,17,19). The van der Waals surface area contributed by atoms with E-state index < -0.39 is 0 Å². The van der Waals surface area contributed by atoms with Crippen molar-refractivity contribution in [3.8, 4) is 5.69 Å². The largest absolute Gasteiger partial charge is 0.444 e. The molecule has 0 saturated carbocycles. The Hall–Kier alpha value is -2.27. The van der Waals surface area contributed by atoms with Crippen LogP contribution < -0.4 is 5.32 Å². The zero-order valence-corrected chi connectivity index (χ0v) is 12.0. The number of halogens is 1. The highest BCUT2D eigenvalue weighted by Crippen LogP contribution is 2.18. The van der Waals surface area contributed by atoms with Crippen LogP contribution in [-0.2, 0) is 0 Å². The molecule has 0 bridgehead atoms. The predicted octanol–water partition coefficient (Wildman–Crippen LogP) is 4.09. The molecule has 0 atom stereocenters. The second-order valence-corrected chi connectivity index (χ2v) is 4.98. The van der Waals surface area contributed by atoms with Gasteiger partial charge in [-0.25, -0.2) is 0 Å². The lowest BCUT2D eigenvalue weighted by molar-refractivity contribution is 0.0995. The van der Waals surface area contributed by atoms with Crippen molar-refractivity contribution in [1.82, 2.24) is 4.57 Å². The molecule has 0 saturated heterocycles. The molecule has 0 aliphatic heterocycles. The Morgan fingerprint density at radius 1 is 1.10 bits per heavy atom. The van der Waals surface area contributed by atoms with E-state index in [-0.39, 0.29) is 11.7 Å². The summed E-state index contributed by atoms with van der Waals surface area (Å²) >= 11 is 3.17. The van der Waals surface area contributed by atoms with E-state index in [1.807, 2.05) is 53.4 Å². The van der Waals surface area contributed by atoms with E-state index in [1.165, 1.54) is 0 Å². The van der Waals surface area contributed by atoms with E-state index in [9.17, 15) is 4.79 Å². The number of nitrogens with zero attached hydrogens (tertiary/aromatic N) is 1. The summed E-state index contributed by atoms with van der Waals surface area (Å²) < 4.78 is 7.72. The monoisotopic (exact) mass is 330 g/mol. The highest BCUT2D eigenvalue weighted by atomic mass is 79.9. The van der Waals surface area contributed by atoms with Gasteiger partial charge in [-0.2, -0.15) is 0 Å². The Labute approximate surface area is 124 Å². The van der Waals surface area contributed by atoms with Gasteiger partial charge in [0.25, 0.3) is 5.91 Å². The van der Waals surface area contributed by atoms with Crippen molar-refractivity contribution in [2.75, 3.05) is 5.32 Å². The number of benzene rings is 1. The van der Waals surface area contributed by atoms with E-state index in [0.717, 1.165) is 5.69 Å². The Bertz CT molecular complexity index is 732. The normalized spacial score (nSPS) is 10.4. The maximum absolute atomic E-state index is 12.0. The van der Waals surface area contributed by atoms with Crippen LogP contribution in [0.2, 0.25) is 0 Å². The van der Waals surface area contributed by atoms with E-state index in [2.05, 4.69) is 21.2 Å². The van der Waals surface area contributed by atoms with Crippen molar-refractivity contribution in [2.45, 2.75) is 0 Å². The molecule has 3 rings (SSSR count). The summed E-state index contributed by atoms with van der Waals surface area (Å²) in [6.45, 7) is 0. The van der Waals surface area contributed by atoms with Gasteiger partial charge >= 0.3 is 0 Å². The van der Waals surface area contributed by atoms with E-state index in [4.69, 9.17) is 4.42 Å². The smallest absolute Gasteiger partial charge is 0.291 e. The van der Waals surface area contributed by atoms with Gasteiger partial charge in [0.05, 0.1) is 0 Å². The third kappa shape index (κ3) is 2.67. The molecular formula is C15H11BrN2O2. The van der Waals surface area contributed by atoms with Gasteiger partial charge in [0.2, 0.25) is 0 Å². The summed E-state index contributed by atoms with van der Waals surface area (Å²) in [6.07, 6.45) is 3.90. The number of amides is 1. The maximum atomic E-state index is 12.0. The van der Waals surface area contributed by atoms with Gasteiger partial charge < -0.3 is 14.3 Å². The van der Waals surface area contributed by atoms with Gasteiger partial charge in [-0.05, 0) is 58.4 Å². The highest BCUT2D eigenvalue weighted by molar-refractivity contribution is 9.10. The van der Waals surface area contributed by atoms with Gasteiger partial charge in [0, 0.05) is 23.8 Å². The Kier molecular flexibility index (Phi) is 3.43. The number of anilines is 1. The van der Waals surface area contributed by atoms with E-state index in [1.54, 1.807) is 12.1 Å². The average molecular weight is 331 g/mol. The van der Waals surface area contributed by atoms with Crippen molar-refractivity contribution >= 4 is 27.5 Å². The Morgan fingerprint density at radius 3 is 2.60 bits per heavy atom. The van der Waals surface area contributed by atoms with Crippen LogP contribution >= 0.6 is 15.9 Å². The summed E-state index contributed by atoms with van der Waals surface area (Å²) in [5, 5.41) is 2.81. The fourth-order valence-corrected chi connectivity index (χ4v) is 2.19. The third-order valence-corrected chi connectivity index (χ3v) is 3.23. The average Bonchev–Trinajstić information content (AvgIpc) is 3.10. The highest BCUT2D eigenvalue weighted by Gasteiger charge is 2.10. The van der Waals surface area contributed by atoms with Gasteiger partial charge in [-0.15, -0.1) is 0 Å². The number of furan rings is 1. The third-order valence-electron chi connectivity index (χ3n) is 2.80. The first-order valence-corrected chi connectivity index (χ1v) is 6.82. The molecule has 0 aliphatic rings. The molecule has 0 unspecified atom stereocenters. The van der Waals surface area contributed by atoms with Crippen molar-refractivity contribution in [3.05, 3.63) is 71.4 Å². The zero-order valence-electron chi connectivity index (χ0n) is 10.4. The van der Waals surface area contributed by atoms with Gasteiger partial charge in [0.1, 0.15) is 0 Å². The molecule has 2 heterocycles. The quantitative estimate of drug-likeness (QED) is 0.786. The van der Waals surface area contributed by atoms with Crippen LogP contribution in [0.25, 0.3) is 5.69 Å². The van der Waals surface area contributed by atoms with Gasteiger partial charge in [-0.3, -0.25) is 4.79 Å². The molecule has 3 aromatic rings. The molecule has 0 aliphatic carbocycles. The molecule has 4 nitrogen and oxygen atoms in total. The fourth-order valence-electron chi connectivity index (χ4n) is 1.88. The first-order valence-electron chi connectivity index (χ1n) is 6.02. The summed E-state index contributed by atoms with van der Waals surface area (Å²) in [7, 11) is 0. The number of carbonyl (C=O) groups excluding carboxylic acids is 1. The molecule has 2 aromatic heterocycles. The molecule has 1 aromatic carbocycles. The van der Waals surface area contributed by atoms with E-state index in [0.29, 0.717) is 10.4 Å². The SMILES string of the molecule is O=C(Nc1cccc(-n2cccc2)c1)c1ccc(Br)o1. The predicted molar refractivity (Wildman–Crippen MR) is 80.1 cm³/mol. The molecule has 0 radical (unpaired) electrons. The van der Waals surface area contributed by atoms with Gasteiger partial charge in [0.15, 0.2) is 10.4 Å². The summed E-state index contributed by atoms with van der Waals surface area (Å²) in [4.78, 5) is 12.0. The number of hydrogen-bond donors (Lipinski definition) is 1. The summed E-state index contributed by atoms with van der Waals surface area (Å²) in [6, 6.07) is 14.8. The zero-order chi connectivity index (χ0) is 13.9. The Morgan fingerprint density at radius 2 is 1.90 bits per heavy atom. The van der Waals surface area contributed by atoms with Crippen molar-refractivity contribution in [3.63, 3.8) is 0 Å². The second kappa shape index (κ2) is 5.38. The maximum Gasteiger partial charge on any atom is 0.291 e. The Balaban J connectivity index is 1.81. The number of hydrogen-bond acceptors (Lipinski definition) is 2. The fraction of sp³-hybridized carbons (Fsp3) is 0. The molecule has 0 spiro atoms. The van der Waals surface area contributed by atoms with Crippen LogP contribution in [-0.4, -0.2) is 10.5 Å². The number of rotatable bonds is 3. The lowest BCUT2D eigenvalue weighted by atomic mass is 10.2. The van der Waals surface area contributed by atoms with Crippen LogP contribution in [0.15, 0.2) is 70.0 Å². The van der Waals surface area contributed by atoms with Crippen LogP contribution in [0.1, 0.15) is 10.6 Å². The number of aromatic nitrogens is 1.